The third-order valence-electron chi connectivity index (χ3n) is 3.01. The highest BCUT2D eigenvalue weighted by molar-refractivity contribution is 5.74. The third-order valence-corrected chi connectivity index (χ3v) is 3.01. The number of nitrogens with one attached hydrogen (secondary N) is 1. The van der Waals surface area contributed by atoms with E-state index in [0.29, 0.717) is 12.5 Å². The van der Waals surface area contributed by atoms with Crippen LogP contribution in [0.3, 0.4) is 0 Å². The van der Waals surface area contributed by atoms with Gasteiger partial charge in [0.25, 0.3) is 0 Å². The first-order valence-corrected chi connectivity index (χ1v) is 5.62. The average molecular weight is 223 g/mol. The maximum atomic E-state index is 10.9. The summed E-state index contributed by atoms with van der Waals surface area (Å²) in [6.07, 6.45) is 4.23. The topological polar surface area (TPSA) is 58.6 Å². The van der Waals surface area contributed by atoms with Gasteiger partial charge in [0, 0.05) is 13.0 Å². The van der Waals surface area contributed by atoms with Crippen molar-refractivity contribution in [3.8, 4) is 0 Å². The van der Waals surface area contributed by atoms with Crippen LogP contribution < -0.4 is 5.32 Å². The lowest BCUT2D eigenvalue weighted by molar-refractivity contribution is -0.119. The number of aliphatic hydroxyl groups is 1. The first kappa shape index (κ1) is 11.2. The summed E-state index contributed by atoms with van der Waals surface area (Å²) in [6.45, 7) is 3.94. The number of carbonyl (C=O) groups excluding carboxylic acids is 1. The van der Waals surface area contributed by atoms with E-state index in [9.17, 15) is 9.90 Å². The molecule has 1 heterocycles. The van der Waals surface area contributed by atoms with Crippen LogP contribution in [0.1, 0.15) is 33.1 Å². The summed E-state index contributed by atoms with van der Waals surface area (Å²) in [5, 5.41) is 12.7. The van der Waals surface area contributed by atoms with E-state index in [4.69, 9.17) is 4.74 Å². The summed E-state index contributed by atoms with van der Waals surface area (Å²) in [5.41, 5.74) is 1.39. The van der Waals surface area contributed by atoms with Gasteiger partial charge in [-0.05, 0) is 30.4 Å². The van der Waals surface area contributed by atoms with E-state index in [1.54, 1.807) is 6.08 Å². The Morgan fingerprint density at radius 3 is 2.81 bits per heavy atom. The molecule has 0 aromatic heterocycles. The Balaban J connectivity index is 2.24. The van der Waals surface area contributed by atoms with Gasteiger partial charge in [-0.15, -0.1) is 0 Å². The van der Waals surface area contributed by atoms with E-state index in [1.807, 2.05) is 6.92 Å². The Bertz CT molecular complexity index is 378. The minimum absolute atomic E-state index is 0.159. The van der Waals surface area contributed by atoms with Crippen molar-refractivity contribution in [2.75, 3.05) is 6.61 Å². The predicted octanol–water partition coefficient (Wildman–Crippen LogP) is 1.23. The largest absolute Gasteiger partial charge is 0.474 e. The van der Waals surface area contributed by atoms with Gasteiger partial charge in [-0.1, -0.05) is 6.92 Å². The predicted molar refractivity (Wildman–Crippen MR) is 59.4 cm³/mol. The van der Waals surface area contributed by atoms with Gasteiger partial charge in [0.1, 0.15) is 6.61 Å². The normalized spacial score (nSPS) is 22.3. The van der Waals surface area contributed by atoms with Gasteiger partial charge in [0.2, 0.25) is 5.91 Å². The van der Waals surface area contributed by atoms with E-state index in [0.717, 1.165) is 30.4 Å². The van der Waals surface area contributed by atoms with Crippen molar-refractivity contribution >= 4 is 5.91 Å². The molecule has 0 spiro atoms. The molecule has 0 atom stereocenters. The van der Waals surface area contributed by atoms with Crippen LogP contribution in [0, 0.1) is 0 Å². The van der Waals surface area contributed by atoms with E-state index >= 15 is 0 Å². The number of rotatable bonds is 3. The van der Waals surface area contributed by atoms with Gasteiger partial charge in [-0.2, -0.15) is 0 Å². The molecule has 0 aromatic rings. The highest BCUT2D eigenvalue weighted by atomic mass is 16.5. The molecule has 0 aromatic carbocycles. The molecule has 1 aliphatic heterocycles. The van der Waals surface area contributed by atoms with E-state index in [2.05, 4.69) is 5.32 Å². The monoisotopic (exact) mass is 223 g/mol. The van der Waals surface area contributed by atoms with Crippen LogP contribution in [-0.4, -0.2) is 23.2 Å². The molecular weight excluding hydrogens is 206 g/mol. The maximum Gasteiger partial charge on any atom is 0.223 e. The second kappa shape index (κ2) is 3.94. The Kier molecular flexibility index (Phi) is 2.76. The molecule has 16 heavy (non-hydrogen) atoms. The smallest absolute Gasteiger partial charge is 0.223 e. The quantitative estimate of drug-likeness (QED) is 0.756. The van der Waals surface area contributed by atoms with Gasteiger partial charge in [0.15, 0.2) is 5.88 Å². The zero-order valence-corrected chi connectivity index (χ0v) is 9.67. The SMILES string of the molecule is CCC1=C(C2(O)CC2)C=C(NC(C)=O)OC1. The molecule has 2 aliphatic rings. The summed E-state index contributed by atoms with van der Waals surface area (Å²) in [6, 6.07) is 0. The number of amides is 1. The second-order valence-electron chi connectivity index (χ2n) is 4.38. The fourth-order valence-corrected chi connectivity index (χ4v) is 1.91. The van der Waals surface area contributed by atoms with Gasteiger partial charge >= 0.3 is 0 Å². The molecular formula is C12H17NO3. The highest BCUT2D eigenvalue weighted by Crippen LogP contribution is 2.45. The zero-order chi connectivity index (χ0) is 11.8. The van der Waals surface area contributed by atoms with Crippen molar-refractivity contribution in [3.63, 3.8) is 0 Å². The lowest BCUT2D eigenvalue weighted by Gasteiger charge is -2.23. The summed E-state index contributed by atoms with van der Waals surface area (Å²) in [7, 11) is 0. The molecule has 0 radical (unpaired) electrons. The van der Waals surface area contributed by atoms with Crippen LogP contribution in [0.15, 0.2) is 23.1 Å². The van der Waals surface area contributed by atoms with E-state index in [1.165, 1.54) is 6.92 Å². The summed E-state index contributed by atoms with van der Waals surface area (Å²) in [5.74, 6) is 0.286. The average Bonchev–Trinajstić information content (AvgIpc) is 2.97. The van der Waals surface area contributed by atoms with Crippen molar-refractivity contribution < 1.29 is 14.6 Å². The highest BCUT2D eigenvalue weighted by Gasteiger charge is 2.45. The standard InChI is InChI=1S/C12H17NO3/c1-3-9-7-16-11(13-8(2)14)6-10(9)12(15)4-5-12/h6,15H,3-5,7H2,1-2H3,(H,13,14). The second-order valence-corrected chi connectivity index (χ2v) is 4.38. The first-order chi connectivity index (χ1) is 7.55. The molecule has 1 amide bonds. The summed E-state index contributed by atoms with van der Waals surface area (Å²) in [4.78, 5) is 10.9. The molecule has 1 saturated carbocycles. The van der Waals surface area contributed by atoms with Gasteiger partial charge < -0.3 is 9.84 Å². The first-order valence-electron chi connectivity index (χ1n) is 5.62. The van der Waals surface area contributed by atoms with Crippen molar-refractivity contribution in [3.05, 3.63) is 23.1 Å². The Labute approximate surface area is 95.0 Å². The summed E-state index contributed by atoms with van der Waals surface area (Å²) < 4.78 is 5.41. The number of hydrogen-bond acceptors (Lipinski definition) is 3. The molecule has 2 rings (SSSR count). The van der Waals surface area contributed by atoms with E-state index < -0.39 is 5.60 Å². The Hall–Kier alpha value is -1.29. The van der Waals surface area contributed by atoms with Crippen LogP contribution in [0.5, 0.6) is 0 Å². The maximum absolute atomic E-state index is 10.9. The van der Waals surface area contributed by atoms with Gasteiger partial charge in [0.05, 0.1) is 5.60 Å². The number of carbonyl (C=O) groups is 1. The Morgan fingerprint density at radius 1 is 1.62 bits per heavy atom. The van der Waals surface area contributed by atoms with Gasteiger partial charge in [-0.25, -0.2) is 0 Å². The molecule has 88 valence electrons. The molecule has 2 N–H and O–H groups in total. The van der Waals surface area contributed by atoms with Gasteiger partial charge in [-0.3, -0.25) is 10.1 Å². The molecule has 0 saturated heterocycles. The van der Waals surface area contributed by atoms with Crippen LogP contribution in [0.2, 0.25) is 0 Å². The van der Waals surface area contributed by atoms with Crippen molar-refractivity contribution in [2.45, 2.75) is 38.7 Å². The minimum atomic E-state index is -0.668. The van der Waals surface area contributed by atoms with Crippen molar-refractivity contribution in [2.24, 2.45) is 0 Å². The van der Waals surface area contributed by atoms with Crippen molar-refractivity contribution in [1.29, 1.82) is 0 Å². The fourth-order valence-electron chi connectivity index (χ4n) is 1.91. The lowest BCUT2D eigenvalue weighted by Crippen LogP contribution is -2.27. The minimum Gasteiger partial charge on any atom is -0.474 e. The number of hydrogen-bond donors (Lipinski definition) is 2. The molecule has 1 aliphatic carbocycles. The zero-order valence-electron chi connectivity index (χ0n) is 9.67. The Morgan fingerprint density at radius 2 is 2.31 bits per heavy atom. The van der Waals surface area contributed by atoms with Crippen LogP contribution in [-0.2, 0) is 9.53 Å². The summed E-state index contributed by atoms with van der Waals surface area (Å²) >= 11 is 0. The van der Waals surface area contributed by atoms with Crippen LogP contribution in [0.25, 0.3) is 0 Å². The van der Waals surface area contributed by atoms with Crippen LogP contribution >= 0.6 is 0 Å². The van der Waals surface area contributed by atoms with E-state index in [-0.39, 0.29) is 5.91 Å². The molecule has 4 heteroatoms. The molecule has 0 bridgehead atoms. The molecule has 4 nitrogen and oxygen atoms in total. The fraction of sp³-hybridized carbons (Fsp3) is 0.583. The lowest BCUT2D eigenvalue weighted by atomic mass is 9.98. The van der Waals surface area contributed by atoms with Crippen LogP contribution in [0.4, 0.5) is 0 Å². The van der Waals surface area contributed by atoms with Crippen molar-refractivity contribution in [1.82, 2.24) is 5.32 Å². The third kappa shape index (κ3) is 2.11. The molecule has 1 fully saturated rings. The number of ether oxygens (including phenoxy) is 1. The molecule has 0 unspecified atom stereocenters.